The zero-order chi connectivity index (χ0) is 62.7. The quantitative estimate of drug-likeness (QED) is 0.0726. The maximum atomic E-state index is 12.7. The molecule has 2 spiro atoms. The van der Waals surface area contributed by atoms with Crippen LogP contribution in [-0.2, 0) is 23.9 Å². The van der Waals surface area contributed by atoms with E-state index < -0.39 is 12.1 Å². The Labute approximate surface area is 527 Å². The van der Waals surface area contributed by atoms with Crippen LogP contribution in [0.5, 0.6) is 0 Å². The highest BCUT2D eigenvalue weighted by atomic mass is 19.4. The van der Waals surface area contributed by atoms with E-state index in [1.807, 2.05) is 5.32 Å². The van der Waals surface area contributed by atoms with E-state index in [9.17, 15) is 37.8 Å². The molecule has 0 aromatic rings. The summed E-state index contributed by atoms with van der Waals surface area (Å²) in [5, 5.41) is 22.7. The minimum Gasteiger partial charge on any atom is -0.393 e. The molecule has 4 aliphatic heterocycles. The maximum Gasteiger partial charge on any atom is 0.471 e. The van der Waals surface area contributed by atoms with Gasteiger partial charge in [-0.1, -0.05) is 88.8 Å². The number of ketones is 2. The minimum atomic E-state index is -4.85. The molecule has 8 aliphatic carbocycles. The molecule has 8 fully saturated rings. The summed E-state index contributed by atoms with van der Waals surface area (Å²) in [6, 6.07) is 0.821. The van der Waals surface area contributed by atoms with Gasteiger partial charge in [0.25, 0.3) is 0 Å². The number of piperidine rings is 2. The molecule has 88 heavy (non-hydrogen) atoms. The molecular formula is C74H115F3N4O7. The topological polar surface area (TPSA) is 155 Å². The van der Waals surface area contributed by atoms with Crippen LogP contribution in [0.15, 0.2) is 45.6 Å². The number of halogens is 3. The van der Waals surface area contributed by atoms with Crippen LogP contribution in [0.4, 0.5) is 13.2 Å². The Morgan fingerprint density at radius 3 is 1.48 bits per heavy atom. The van der Waals surface area contributed by atoms with Crippen LogP contribution in [0.25, 0.3) is 0 Å². The van der Waals surface area contributed by atoms with Crippen molar-refractivity contribution in [3.8, 4) is 0 Å². The Kier molecular flexibility index (Phi) is 20.4. The third-order valence-electron chi connectivity index (χ3n) is 26.8. The van der Waals surface area contributed by atoms with Crippen LogP contribution in [0.2, 0.25) is 0 Å². The Morgan fingerprint density at radius 2 is 1.05 bits per heavy atom. The molecule has 5 N–H and O–H groups in total. The summed E-state index contributed by atoms with van der Waals surface area (Å²) in [6.07, 6.45) is 27.0. The Balaban J connectivity index is 0.000000184. The van der Waals surface area contributed by atoms with E-state index >= 15 is 0 Å². The number of aliphatic hydroxyl groups excluding tert-OH is 2. The summed E-state index contributed by atoms with van der Waals surface area (Å²) >= 11 is 0. The van der Waals surface area contributed by atoms with Gasteiger partial charge >= 0.3 is 12.1 Å². The molecule has 11 nitrogen and oxygen atoms in total. The average Bonchev–Trinajstić information content (AvgIpc) is 1.93. The van der Waals surface area contributed by atoms with Crippen LogP contribution in [0, 0.1) is 70.0 Å². The number of Topliss-reactive ketones (excluding diaryl/α,β-unsaturated/α-hetero) is 2. The molecule has 4 saturated carbocycles. The van der Waals surface area contributed by atoms with E-state index in [0.717, 1.165) is 153 Å². The first-order valence-corrected chi connectivity index (χ1v) is 36.0. The number of nitrogens with one attached hydrogen (secondary N) is 1. The molecule has 14 heteroatoms. The summed E-state index contributed by atoms with van der Waals surface area (Å²) in [6.45, 7) is 24.3. The predicted molar refractivity (Wildman–Crippen MR) is 341 cm³/mol. The normalized spacial score (nSPS) is 41.8. The van der Waals surface area contributed by atoms with E-state index in [4.69, 9.17) is 15.2 Å². The number of fused-ring (bicyclic) bond motifs is 12. The van der Waals surface area contributed by atoms with Crippen molar-refractivity contribution in [3.05, 3.63) is 45.6 Å². The monoisotopic (exact) mass is 1230 g/mol. The van der Waals surface area contributed by atoms with Gasteiger partial charge in [-0.2, -0.15) is 13.2 Å². The molecule has 20 atom stereocenters. The van der Waals surface area contributed by atoms with Gasteiger partial charge in [0.2, 0.25) is 0 Å². The number of hydrogen-bond donors (Lipinski definition) is 4. The number of rotatable bonds is 19. The van der Waals surface area contributed by atoms with Crippen molar-refractivity contribution >= 4 is 17.5 Å². The molecule has 0 radical (unpaired) electrons. The van der Waals surface area contributed by atoms with Crippen molar-refractivity contribution < 1.29 is 47.2 Å². The second-order valence-corrected chi connectivity index (χ2v) is 31.9. The SMILES string of the molecule is CC1=C2C[C@H]3[C@@H](CC=C4C[C@@H](O)CC[C@@]43C)[C@@H]2CC[C@]12O[C@@H]1C[C@H](C)CN(CCCC(=O)CCCCCN)[C@H]1[C@H]2C.CC1=C2C[C@H]3[C@@H](CC=C4C[C@@H](O)CC[C@@]43C)[C@@H]2CC[C@]12O[C@@H]1C[C@H](C)CN(CCCC(=O)CCCCCNC(=O)C(F)(F)F)[C@H]1[C@H]2C. The molecule has 0 aromatic heterocycles. The van der Waals surface area contributed by atoms with Gasteiger partial charge in [0, 0.05) is 69.2 Å². The molecular weight excluding hydrogens is 1110 g/mol. The van der Waals surface area contributed by atoms with Crippen LogP contribution in [0.1, 0.15) is 235 Å². The van der Waals surface area contributed by atoms with Gasteiger partial charge in [-0.3, -0.25) is 24.2 Å². The van der Waals surface area contributed by atoms with Crippen molar-refractivity contribution in [1.29, 1.82) is 0 Å². The van der Waals surface area contributed by atoms with Crippen LogP contribution >= 0.6 is 0 Å². The zero-order valence-electron chi connectivity index (χ0n) is 55.5. The number of alkyl halides is 3. The van der Waals surface area contributed by atoms with E-state index in [2.05, 4.69) is 77.3 Å². The summed E-state index contributed by atoms with van der Waals surface area (Å²) < 4.78 is 51.5. The van der Waals surface area contributed by atoms with Gasteiger partial charge in [-0.05, 0) is 244 Å². The Bertz CT molecular complexity index is 2670. The third-order valence-corrected chi connectivity index (χ3v) is 26.8. The smallest absolute Gasteiger partial charge is 0.393 e. The number of nitrogens with two attached hydrogens (primary N) is 1. The van der Waals surface area contributed by atoms with E-state index in [1.165, 1.54) is 49.7 Å². The van der Waals surface area contributed by atoms with Crippen LogP contribution in [-0.4, -0.2) is 131 Å². The van der Waals surface area contributed by atoms with Gasteiger partial charge in [0.15, 0.2) is 0 Å². The summed E-state index contributed by atoms with van der Waals surface area (Å²) in [5.74, 6) is 5.03. The van der Waals surface area contributed by atoms with E-state index in [-0.39, 0.29) is 52.7 Å². The van der Waals surface area contributed by atoms with E-state index in [0.29, 0.717) is 104 Å². The van der Waals surface area contributed by atoms with Crippen LogP contribution in [0.3, 0.4) is 0 Å². The second kappa shape index (κ2) is 26.9. The molecule has 0 bridgehead atoms. The first kappa shape index (κ1) is 66.7. The number of nitrogens with zero attached hydrogens (tertiary/aromatic N) is 2. The van der Waals surface area contributed by atoms with Gasteiger partial charge in [-0.25, -0.2) is 0 Å². The molecule has 1 amide bonds. The van der Waals surface area contributed by atoms with Crippen LogP contribution < -0.4 is 11.1 Å². The number of allylic oxidation sites excluding steroid dienone is 4. The average molecular weight is 1230 g/mol. The number of aliphatic hydroxyl groups is 2. The molecule has 0 unspecified atom stereocenters. The highest BCUT2D eigenvalue weighted by Gasteiger charge is 2.64. The number of unbranched alkanes of at least 4 members (excludes halogenated alkanes) is 4. The number of ether oxygens (including phenoxy) is 2. The van der Waals surface area contributed by atoms with Crippen molar-refractivity contribution in [3.63, 3.8) is 0 Å². The largest absolute Gasteiger partial charge is 0.471 e. The van der Waals surface area contributed by atoms with Gasteiger partial charge in [0.05, 0.1) is 35.6 Å². The lowest BCUT2D eigenvalue weighted by Crippen LogP contribution is -2.52. The summed E-state index contributed by atoms with van der Waals surface area (Å²) in [4.78, 5) is 41.4. The van der Waals surface area contributed by atoms with Gasteiger partial charge < -0.3 is 30.7 Å². The highest BCUT2D eigenvalue weighted by Crippen LogP contribution is 2.67. The lowest BCUT2D eigenvalue weighted by molar-refractivity contribution is -0.173. The fraction of sp³-hybridized carbons (Fsp3) is 0.851. The highest BCUT2D eigenvalue weighted by molar-refractivity contribution is 5.81. The van der Waals surface area contributed by atoms with Crippen molar-refractivity contribution in [2.24, 2.45) is 75.7 Å². The molecule has 4 heterocycles. The first-order chi connectivity index (χ1) is 41.9. The van der Waals surface area contributed by atoms with Crippen molar-refractivity contribution in [2.75, 3.05) is 39.3 Å². The molecule has 12 rings (SSSR count). The third kappa shape index (κ3) is 12.8. The van der Waals surface area contributed by atoms with Gasteiger partial charge in [-0.15, -0.1) is 0 Å². The van der Waals surface area contributed by atoms with Crippen molar-refractivity contribution in [1.82, 2.24) is 15.1 Å². The maximum absolute atomic E-state index is 12.7. The number of carbonyl (C=O) groups is 3. The number of likely N-dealkylation sites (tertiary alicyclic amines) is 2. The molecule has 12 aliphatic rings. The predicted octanol–water partition coefficient (Wildman–Crippen LogP) is 13.9. The van der Waals surface area contributed by atoms with E-state index in [1.54, 1.807) is 22.3 Å². The number of amides is 1. The number of carbonyl (C=O) groups excluding carboxylic acids is 3. The zero-order valence-corrected chi connectivity index (χ0v) is 55.5. The van der Waals surface area contributed by atoms with Crippen molar-refractivity contribution in [2.45, 2.75) is 289 Å². The fourth-order valence-corrected chi connectivity index (χ4v) is 22.2. The summed E-state index contributed by atoms with van der Waals surface area (Å²) in [5.41, 5.74) is 15.4. The number of hydrogen-bond acceptors (Lipinski definition) is 10. The lowest BCUT2D eigenvalue weighted by Gasteiger charge is -2.49. The standard InChI is InChI=1S/C38H57F3N2O4.C36H58N2O3/c1-23-19-33-34(43(22-23)18-8-10-27(44)9-6-5-7-17-42-35(46)38(39,40)41)25(3)37(47-33)16-14-29-30-12-11-26-20-28(45)13-15-36(26,4)32(30)21-31(29)24(37)2;1-23-19-33-34(38(22-23)18-8-10-27(39)9-6-5-7-17-37)25(3)36(41-33)16-14-29-30-12-11-26-20-28(40)13-15-35(26,4)32(30)21-31(29)24(36)2/h11,23,25,28-30,32-34,45H,5-10,12-22H2,1-4H3,(H,42,46);11,23,25,28-30,32-34,40H,5-10,12-22,37H2,1-4H3/t23-,25+,28-,29-,30-,32-,33+,34-,36-,37-;23-,25+,28-,29-,30-,32-,33+,34-,35-,36-/m00/s1. The minimum absolute atomic E-state index is 0.0233. The second-order valence-electron chi connectivity index (χ2n) is 31.9. The fourth-order valence-electron chi connectivity index (χ4n) is 22.2. The summed E-state index contributed by atoms with van der Waals surface area (Å²) in [7, 11) is 0. The molecule has 0 aromatic carbocycles. The van der Waals surface area contributed by atoms with Gasteiger partial charge in [0.1, 0.15) is 11.6 Å². The molecule has 494 valence electrons. The Morgan fingerprint density at radius 1 is 0.614 bits per heavy atom. The molecule has 4 saturated heterocycles. The first-order valence-electron chi connectivity index (χ1n) is 36.0. The Hall–Kier alpha value is -2.72. The lowest BCUT2D eigenvalue weighted by atomic mass is 9.56.